The Balaban J connectivity index is 2.32. The molecule has 0 spiro atoms. The quantitative estimate of drug-likeness (QED) is 0.647. The topological polar surface area (TPSA) is 38.0 Å². The molecule has 2 aromatic heterocycles. The summed E-state index contributed by atoms with van der Waals surface area (Å²) in [4.78, 5) is 4.02. The molecule has 0 fully saturated rings. The van der Waals surface area contributed by atoms with Gasteiger partial charge in [-0.1, -0.05) is 6.92 Å². The predicted molar refractivity (Wildman–Crippen MR) is 71.9 cm³/mol. The zero-order valence-corrected chi connectivity index (χ0v) is 11.1. The molecule has 16 heavy (non-hydrogen) atoms. The van der Waals surface area contributed by atoms with Gasteiger partial charge < -0.3 is 0 Å². The molecule has 0 radical (unpaired) electrons. The van der Waals surface area contributed by atoms with Gasteiger partial charge in [0.1, 0.15) is 0 Å². The van der Waals surface area contributed by atoms with E-state index in [1.165, 1.54) is 20.2 Å². The van der Waals surface area contributed by atoms with Crippen molar-refractivity contribution in [3.8, 4) is 0 Å². The molecule has 0 aliphatic heterocycles. The summed E-state index contributed by atoms with van der Waals surface area (Å²) in [5, 5.41) is 2.11. The minimum absolute atomic E-state index is 0.144. The zero-order valence-electron chi connectivity index (χ0n) is 9.49. The maximum atomic E-state index is 5.68. The van der Waals surface area contributed by atoms with Crippen LogP contribution in [0.5, 0.6) is 0 Å². The van der Waals surface area contributed by atoms with E-state index in [1.807, 2.05) is 11.3 Å². The van der Waals surface area contributed by atoms with Gasteiger partial charge in [-0.25, -0.2) is 5.43 Å². The van der Waals surface area contributed by atoms with E-state index in [0.717, 1.165) is 6.42 Å². The lowest BCUT2D eigenvalue weighted by Gasteiger charge is -2.13. The number of hydrogen-bond donors (Lipinski definition) is 2. The molecule has 0 bridgehead atoms. The standard InChI is InChI=1S/C12H16N2S2/c1-3-9-4-5-10(16-9)11(14-13)12-8(2)6-7-15-12/h4-7,11,14H,3,13H2,1-2H3. The first kappa shape index (κ1) is 11.8. The van der Waals surface area contributed by atoms with Gasteiger partial charge in [-0.15, -0.1) is 22.7 Å². The average molecular weight is 252 g/mol. The Kier molecular flexibility index (Phi) is 3.76. The highest BCUT2D eigenvalue weighted by molar-refractivity contribution is 7.13. The van der Waals surface area contributed by atoms with Gasteiger partial charge >= 0.3 is 0 Å². The summed E-state index contributed by atoms with van der Waals surface area (Å²) in [7, 11) is 0. The van der Waals surface area contributed by atoms with Crippen molar-refractivity contribution in [3.63, 3.8) is 0 Å². The van der Waals surface area contributed by atoms with Crippen LogP contribution in [-0.2, 0) is 6.42 Å². The third-order valence-electron chi connectivity index (χ3n) is 2.65. The Hall–Kier alpha value is -0.680. The second kappa shape index (κ2) is 5.10. The summed E-state index contributed by atoms with van der Waals surface area (Å²) in [5.74, 6) is 5.68. The maximum absolute atomic E-state index is 5.68. The minimum Gasteiger partial charge on any atom is -0.271 e. The molecule has 0 saturated carbocycles. The Bertz CT molecular complexity index is 459. The largest absolute Gasteiger partial charge is 0.271 e. The van der Waals surface area contributed by atoms with Crippen LogP contribution < -0.4 is 11.3 Å². The van der Waals surface area contributed by atoms with E-state index in [9.17, 15) is 0 Å². The third-order valence-corrected chi connectivity index (χ3v) is 5.02. The first-order chi connectivity index (χ1) is 7.76. The van der Waals surface area contributed by atoms with Crippen molar-refractivity contribution in [2.75, 3.05) is 0 Å². The van der Waals surface area contributed by atoms with E-state index >= 15 is 0 Å². The van der Waals surface area contributed by atoms with Crippen molar-refractivity contribution >= 4 is 22.7 Å². The number of rotatable bonds is 4. The Morgan fingerprint density at radius 2 is 2.19 bits per heavy atom. The molecule has 4 heteroatoms. The van der Waals surface area contributed by atoms with Gasteiger partial charge in [-0.2, -0.15) is 0 Å². The fourth-order valence-electron chi connectivity index (χ4n) is 1.71. The molecule has 2 nitrogen and oxygen atoms in total. The molecular formula is C12H16N2S2. The Morgan fingerprint density at radius 1 is 1.38 bits per heavy atom. The molecule has 0 aliphatic rings. The molecule has 0 amide bonds. The first-order valence-electron chi connectivity index (χ1n) is 5.35. The maximum Gasteiger partial charge on any atom is 0.0897 e. The molecule has 0 aromatic carbocycles. The fourth-order valence-corrected chi connectivity index (χ4v) is 3.81. The highest BCUT2D eigenvalue weighted by Gasteiger charge is 2.17. The van der Waals surface area contributed by atoms with Gasteiger partial charge in [0.2, 0.25) is 0 Å². The lowest BCUT2D eigenvalue weighted by molar-refractivity contribution is 0.653. The van der Waals surface area contributed by atoms with Crippen LogP contribution in [0.25, 0.3) is 0 Å². The molecule has 3 N–H and O–H groups in total. The van der Waals surface area contributed by atoms with Crippen LogP contribution in [0.1, 0.15) is 33.2 Å². The van der Waals surface area contributed by atoms with Crippen LogP contribution in [0.2, 0.25) is 0 Å². The molecule has 2 rings (SSSR count). The fraction of sp³-hybridized carbons (Fsp3) is 0.333. The van der Waals surface area contributed by atoms with Crippen molar-refractivity contribution < 1.29 is 0 Å². The molecule has 1 unspecified atom stereocenters. The Labute approximate surface area is 104 Å². The van der Waals surface area contributed by atoms with Crippen molar-refractivity contribution in [3.05, 3.63) is 43.8 Å². The molecule has 86 valence electrons. The lowest BCUT2D eigenvalue weighted by atomic mass is 10.1. The monoisotopic (exact) mass is 252 g/mol. The average Bonchev–Trinajstić information content (AvgIpc) is 2.90. The van der Waals surface area contributed by atoms with E-state index in [0.29, 0.717) is 0 Å². The molecule has 0 aliphatic carbocycles. The van der Waals surface area contributed by atoms with Gasteiger partial charge in [0.25, 0.3) is 0 Å². The smallest absolute Gasteiger partial charge is 0.0897 e. The second-order valence-corrected chi connectivity index (χ2v) is 5.87. The van der Waals surface area contributed by atoms with Crippen LogP contribution >= 0.6 is 22.7 Å². The minimum atomic E-state index is 0.144. The van der Waals surface area contributed by atoms with E-state index in [4.69, 9.17) is 5.84 Å². The normalized spacial score (nSPS) is 12.9. The van der Waals surface area contributed by atoms with Gasteiger partial charge in [0.05, 0.1) is 6.04 Å². The van der Waals surface area contributed by atoms with Crippen LogP contribution in [0, 0.1) is 6.92 Å². The highest BCUT2D eigenvalue weighted by Crippen LogP contribution is 2.32. The van der Waals surface area contributed by atoms with Gasteiger partial charge in [-0.3, -0.25) is 5.84 Å². The van der Waals surface area contributed by atoms with Crippen molar-refractivity contribution in [1.82, 2.24) is 5.43 Å². The molecule has 2 aromatic rings. The third kappa shape index (κ3) is 2.20. The number of hydrazine groups is 1. The Morgan fingerprint density at radius 3 is 2.69 bits per heavy atom. The summed E-state index contributed by atoms with van der Waals surface area (Å²) in [6.07, 6.45) is 1.09. The molecule has 0 saturated heterocycles. The molecular weight excluding hydrogens is 236 g/mol. The van der Waals surface area contributed by atoms with E-state index in [-0.39, 0.29) is 6.04 Å². The number of nitrogens with two attached hydrogens (primary N) is 1. The van der Waals surface area contributed by atoms with Crippen LogP contribution in [-0.4, -0.2) is 0 Å². The molecule has 2 heterocycles. The SMILES string of the molecule is CCc1ccc(C(NN)c2sccc2C)s1. The summed E-state index contributed by atoms with van der Waals surface area (Å²) in [5.41, 5.74) is 4.22. The lowest BCUT2D eigenvalue weighted by Crippen LogP contribution is -2.27. The van der Waals surface area contributed by atoms with Crippen molar-refractivity contribution in [2.24, 2.45) is 5.84 Å². The van der Waals surface area contributed by atoms with Gasteiger partial charge in [0, 0.05) is 14.6 Å². The summed E-state index contributed by atoms with van der Waals surface area (Å²) in [6.45, 7) is 4.31. The number of thiophene rings is 2. The van der Waals surface area contributed by atoms with E-state index < -0.39 is 0 Å². The van der Waals surface area contributed by atoms with Crippen LogP contribution in [0.3, 0.4) is 0 Å². The zero-order chi connectivity index (χ0) is 11.5. The van der Waals surface area contributed by atoms with Crippen LogP contribution in [0.4, 0.5) is 0 Å². The number of hydrogen-bond acceptors (Lipinski definition) is 4. The summed E-state index contributed by atoms with van der Waals surface area (Å²) in [6, 6.07) is 6.64. The van der Waals surface area contributed by atoms with E-state index in [1.54, 1.807) is 11.3 Å². The first-order valence-corrected chi connectivity index (χ1v) is 7.04. The highest BCUT2D eigenvalue weighted by atomic mass is 32.1. The van der Waals surface area contributed by atoms with Crippen LogP contribution in [0.15, 0.2) is 23.6 Å². The van der Waals surface area contributed by atoms with Crippen molar-refractivity contribution in [1.29, 1.82) is 0 Å². The molecule has 1 atom stereocenters. The summed E-state index contributed by atoms with van der Waals surface area (Å²) < 4.78 is 0. The second-order valence-electron chi connectivity index (χ2n) is 3.73. The van der Waals surface area contributed by atoms with Gasteiger partial charge in [0.15, 0.2) is 0 Å². The predicted octanol–water partition coefficient (Wildman–Crippen LogP) is 3.23. The van der Waals surface area contributed by atoms with Crippen molar-refractivity contribution in [2.45, 2.75) is 26.3 Å². The van der Waals surface area contributed by atoms with E-state index in [2.05, 4.69) is 42.9 Å². The number of nitrogens with one attached hydrogen (secondary N) is 1. The summed E-state index contributed by atoms with van der Waals surface area (Å²) >= 11 is 3.59. The number of aryl methyl sites for hydroxylation is 2. The van der Waals surface area contributed by atoms with Gasteiger partial charge in [-0.05, 0) is 42.5 Å².